The SMILES string of the molecule is CC(C)(C)OC(=O)CCOCCOCCOCCOCCNS(=O)(=O)N=O. The van der Waals surface area contributed by atoms with Gasteiger partial charge in [0.05, 0.1) is 63.9 Å². The van der Waals surface area contributed by atoms with Crippen molar-refractivity contribution < 1.29 is 36.9 Å². The molecule has 0 fully saturated rings. The lowest BCUT2D eigenvalue weighted by Crippen LogP contribution is -2.25. The average Bonchev–Trinajstić information content (AvgIpc) is 2.56. The normalized spacial score (nSPS) is 12.1. The Kier molecular flexibility index (Phi) is 14.2. The van der Waals surface area contributed by atoms with E-state index in [9.17, 15) is 18.1 Å². The Morgan fingerprint density at radius 1 is 0.852 bits per heavy atom. The molecule has 0 aromatic carbocycles. The fourth-order valence-corrected chi connectivity index (χ4v) is 1.97. The van der Waals surface area contributed by atoms with Crippen molar-refractivity contribution in [2.75, 3.05) is 59.4 Å². The quantitative estimate of drug-likeness (QED) is 0.203. The minimum atomic E-state index is -4.09. The van der Waals surface area contributed by atoms with E-state index in [0.717, 1.165) is 0 Å². The Hall–Kier alpha value is -1.18. The fourth-order valence-electron chi connectivity index (χ4n) is 1.58. The molecule has 0 atom stereocenters. The number of carbonyl (C=O) groups excluding carboxylic acids is 1. The summed E-state index contributed by atoms with van der Waals surface area (Å²) in [7, 11) is -4.09. The van der Waals surface area contributed by atoms with Gasteiger partial charge in [0.2, 0.25) is 0 Å². The van der Waals surface area contributed by atoms with Gasteiger partial charge in [-0.25, -0.2) is 0 Å². The van der Waals surface area contributed by atoms with Crippen molar-refractivity contribution in [3.05, 3.63) is 4.91 Å². The maximum Gasteiger partial charge on any atom is 0.354 e. The molecule has 0 radical (unpaired) electrons. The third-order valence-electron chi connectivity index (χ3n) is 2.62. The van der Waals surface area contributed by atoms with Crippen molar-refractivity contribution in [1.82, 2.24) is 4.72 Å². The van der Waals surface area contributed by atoms with Crippen molar-refractivity contribution in [3.8, 4) is 0 Å². The summed E-state index contributed by atoms with van der Waals surface area (Å²) in [5, 5.41) is 0. The number of nitroso groups, excluding NO2 is 1. The highest BCUT2D eigenvalue weighted by Gasteiger charge is 2.15. The molecule has 0 heterocycles. The van der Waals surface area contributed by atoms with Gasteiger partial charge < -0.3 is 23.7 Å². The van der Waals surface area contributed by atoms with Crippen LogP contribution in [0.25, 0.3) is 0 Å². The molecule has 0 aliphatic carbocycles. The van der Waals surface area contributed by atoms with E-state index in [2.05, 4.69) is 0 Å². The van der Waals surface area contributed by atoms with Crippen molar-refractivity contribution >= 4 is 16.2 Å². The van der Waals surface area contributed by atoms with E-state index >= 15 is 0 Å². The van der Waals surface area contributed by atoms with E-state index in [1.807, 2.05) is 30.1 Å². The summed E-state index contributed by atoms with van der Waals surface area (Å²) in [4.78, 5) is 21.3. The van der Waals surface area contributed by atoms with Gasteiger partial charge in [-0.15, -0.1) is 4.91 Å². The monoisotopic (exact) mass is 414 g/mol. The Balaban J connectivity index is 3.26. The highest BCUT2D eigenvalue weighted by molar-refractivity contribution is 7.88. The van der Waals surface area contributed by atoms with E-state index in [-0.39, 0.29) is 38.8 Å². The van der Waals surface area contributed by atoms with Crippen LogP contribution >= 0.6 is 0 Å². The predicted octanol–water partition coefficient (Wildman–Crippen LogP) is 0.385. The predicted molar refractivity (Wildman–Crippen MR) is 96.5 cm³/mol. The number of nitrogens with one attached hydrogen (secondary N) is 1. The van der Waals surface area contributed by atoms with Gasteiger partial charge in [0, 0.05) is 6.54 Å². The molecule has 0 bridgehead atoms. The number of rotatable bonds is 17. The molecular formula is C15H30N2O9S. The molecular weight excluding hydrogens is 384 g/mol. The summed E-state index contributed by atoms with van der Waals surface area (Å²) in [6, 6.07) is 0. The second-order valence-corrected chi connectivity index (χ2v) is 7.62. The number of carbonyl (C=O) groups is 1. The first-order valence-electron chi connectivity index (χ1n) is 8.53. The minimum absolute atomic E-state index is 0.0366. The maximum absolute atomic E-state index is 11.4. The third-order valence-corrected chi connectivity index (χ3v) is 3.38. The molecule has 27 heavy (non-hydrogen) atoms. The van der Waals surface area contributed by atoms with Crippen LogP contribution in [0.3, 0.4) is 0 Å². The summed E-state index contributed by atoms with van der Waals surface area (Å²) in [5.74, 6) is -0.295. The molecule has 0 aromatic heterocycles. The molecule has 0 amide bonds. The van der Waals surface area contributed by atoms with Crippen molar-refractivity contribution in [1.29, 1.82) is 0 Å². The van der Waals surface area contributed by atoms with Gasteiger partial charge in [-0.2, -0.15) is 13.1 Å². The van der Waals surface area contributed by atoms with Crippen molar-refractivity contribution in [2.24, 2.45) is 4.58 Å². The molecule has 11 nitrogen and oxygen atoms in total. The average molecular weight is 414 g/mol. The van der Waals surface area contributed by atoms with Gasteiger partial charge in [-0.05, 0) is 20.8 Å². The number of nitrogens with zero attached hydrogens (tertiary/aromatic N) is 1. The smallest absolute Gasteiger partial charge is 0.354 e. The van der Waals surface area contributed by atoms with Crippen LogP contribution in [0.4, 0.5) is 0 Å². The van der Waals surface area contributed by atoms with E-state index in [1.54, 1.807) is 0 Å². The fraction of sp³-hybridized carbons (Fsp3) is 0.933. The summed E-state index contributed by atoms with van der Waals surface area (Å²) < 4.78 is 51.3. The second-order valence-electron chi connectivity index (χ2n) is 6.23. The van der Waals surface area contributed by atoms with Crippen LogP contribution in [0.2, 0.25) is 0 Å². The zero-order chi connectivity index (χ0) is 20.6. The zero-order valence-electron chi connectivity index (χ0n) is 16.1. The van der Waals surface area contributed by atoms with Crippen LogP contribution in [-0.4, -0.2) is 79.4 Å². The summed E-state index contributed by atoms with van der Waals surface area (Å²) in [6.45, 7) is 7.92. The van der Waals surface area contributed by atoms with Gasteiger partial charge in [-0.3, -0.25) is 4.79 Å². The lowest BCUT2D eigenvalue weighted by molar-refractivity contribution is -0.156. The van der Waals surface area contributed by atoms with E-state index in [0.29, 0.717) is 33.0 Å². The van der Waals surface area contributed by atoms with Crippen LogP contribution < -0.4 is 4.72 Å². The molecule has 160 valence electrons. The summed E-state index contributed by atoms with van der Waals surface area (Å²) in [5.41, 5.74) is -0.489. The van der Waals surface area contributed by atoms with Crippen molar-refractivity contribution in [2.45, 2.75) is 32.8 Å². The van der Waals surface area contributed by atoms with Crippen LogP contribution in [-0.2, 0) is 38.7 Å². The van der Waals surface area contributed by atoms with Crippen LogP contribution in [0, 0.1) is 4.91 Å². The van der Waals surface area contributed by atoms with Gasteiger partial charge in [-0.1, -0.05) is 0 Å². The Morgan fingerprint density at radius 2 is 1.30 bits per heavy atom. The van der Waals surface area contributed by atoms with Gasteiger partial charge in [0.1, 0.15) is 5.60 Å². The lowest BCUT2D eigenvalue weighted by atomic mass is 10.2. The number of esters is 1. The van der Waals surface area contributed by atoms with Gasteiger partial charge >= 0.3 is 16.2 Å². The molecule has 1 N–H and O–H groups in total. The molecule has 0 rings (SSSR count). The van der Waals surface area contributed by atoms with E-state index < -0.39 is 15.8 Å². The number of ether oxygens (including phenoxy) is 5. The van der Waals surface area contributed by atoms with E-state index in [1.165, 1.54) is 0 Å². The van der Waals surface area contributed by atoms with Gasteiger partial charge in [0.15, 0.2) is 0 Å². The van der Waals surface area contributed by atoms with Crippen LogP contribution in [0.1, 0.15) is 27.2 Å². The molecule has 0 saturated carbocycles. The first-order valence-corrected chi connectivity index (χ1v) is 9.97. The van der Waals surface area contributed by atoms with Gasteiger partial charge in [0.25, 0.3) is 0 Å². The topological polar surface area (TPSA) is 139 Å². The standard InChI is InChI=1S/C15H30N2O9S/c1-15(2,3)26-14(18)4-6-22-8-10-24-12-13-25-11-9-23-7-5-16-27(20,21)17-19/h16H,4-13H2,1-3H3. The zero-order valence-corrected chi connectivity index (χ0v) is 16.9. The molecule has 12 heteroatoms. The largest absolute Gasteiger partial charge is 0.460 e. The molecule has 0 aliphatic rings. The molecule has 0 spiro atoms. The Bertz CT molecular complexity index is 506. The molecule has 0 unspecified atom stereocenters. The van der Waals surface area contributed by atoms with E-state index in [4.69, 9.17) is 23.7 Å². The second kappa shape index (κ2) is 14.8. The van der Waals surface area contributed by atoms with Crippen LogP contribution in [0.15, 0.2) is 4.58 Å². The summed E-state index contributed by atoms with van der Waals surface area (Å²) in [6.07, 6.45) is 0.202. The maximum atomic E-state index is 11.4. The Labute approximate surface area is 160 Å². The number of hydrogen-bond donors (Lipinski definition) is 1. The minimum Gasteiger partial charge on any atom is -0.460 e. The first kappa shape index (κ1) is 25.8. The highest BCUT2D eigenvalue weighted by Crippen LogP contribution is 2.07. The molecule has 0 aliphatic heterocycles. The van der Waals surface area contributed by atoms with Crippen LogP contribution in [0.5, 0.6) is 0 Å². The highest BCUT2D eigenvalue weighted by atomic mass is 32.2. The third kappa shape index (κ3) is 19.4. The Morgan fingerprint density at radius 3 is 1.74 bits per heavy atom. The lowest BCUT2D eigenvalue weighted by Gasteiger charge is -2.19. The summed E-state index contributed by atoms with van der Waals surface area (Å²) >= 11 is 0. The first-order chi connectivity index (χ1) is 12.7. The van der Waals surface area contributed by atoms with Crippen molar-refractivity contribution in [3.63, 3.8) is 0 Å². The molecule has 0 aromatic rings. The number of hydrogen-bond acceptors (Lipinski definition) is 9. The molecule has 0 saturated heterocycles.